The number of rotatable bonds is 9. The topological polar surface area (TPSA) is 256 Å². The van der Waals surface area contributed by atoms with Crippen LogP contribution in [0.25, 0.3) is 0 Å². The summed E-state index contributed by atoms with van der Waals surface area (Å²) >= 11 is 0. The Bertz CT molecular complexity index is 1710. The molecule has 2 bridgehead atoms. The summed E-state index contributed by atoms with van der Waals surface area (Å²) in [5, 5.41) is 96.9. The predicted molar refractivity (Wildman–Crippen MR) is 219 cm³/mol. The van der Waals surface area contributed by atoms with E-state index in [0.29, 0.717) is 25.6 Å². The van der Waals surface area contributed by atoms with Crippen LogP contribution in [0.3, 0.4) is 0 Å². The van der Waals surface area contributed by atoms with Gasteiger partial charge in [0.25, 0.3) is 0 Å². The molecular weight excluding hydrogens is 824 g/mol. The molecule has 360 valence electrons. The Morgan fingerprint density at radius 1 is 0.683 bits per heavy atom. The summed E-state index contributed by atoms with van der Waals surface area (Å²) in [5.41, 5.74) is -0.487. The fourth-order valence-electron chi connectivity index (χ4n) is 15.5. The molecule has 9 fully saturated rings. The fraction of sp³-hybridized carbons (Fsp3) is 0.957. The van der Waals surface area contributed by atoms with Crippen LogP contribution >= 0.6 is 0 Å². The lowest BCUT2D eigenvalue weighted by Crippen LogP contribution is -2.68. The van der Waals surface area contributed by atoms with Gasteiger partial charge in [0.15, 0.2) is 24.7 Å². The highest BCUT2D eigenvalue weighted by Gasteiger charge is 2.81. The smallest absolute Gasteiger partial charge is 0.187 e. The molecule has 5 heterocycles. The molecule has 5 aliphatic heterocycles. The minimum atomic E-state index is -1.79. The fourth-order valence-corrected chi connectivity index (χ4v) is 15.5. The van der Waals surface area contributed by atoms with Crippen molar-refractivity contribution in [2.45, 2.75) is 191 Å². The molecule has 0 radical (unpaired) electrons. The first-order valence-electron chi connectivity index (χ1n) is 23.4. The molecule has 4 aliphatic carbocycles. The van der Waals surface area contributed by atoms with Gasteiger partial charge in [-0.25, -0.2) is 0 Å². The average molecular weight is 899 g/mol. The number of ether oxygens (including phenoxy) is 8. The third-order valence-corrected chi connectivity index (χ3v) is 18.7. The second-order valence-corrected chi connectivity index (χ2v) is 22.4. The van der Waals surface area contributed by atoms with Gasteiger partial charge in [0.1, 0.15) is 61.0 Å². The summed E-state index contributed by atoms with van der Waals surface area (Å²) in [4.78, 5) is 0. The summed E-state index contributed by atoms with van der Waals surface area (Å²) in [5.74, 6) is -0.140. The minimum Gasteiger partial charge on any atom is -0.394 e. The zero-order valence-electron chi connectivity index (χ0n) is 37.8. The van der Waals surface area contributed by atoms with Gasteiger partial charge in [-0.1, -0.05) is 39.3 Å². The Morgan fingerprint density at radius 2 is 1.32 bits per heavy atom. The molecule has 0 amide bonds. The van der Waals surface area contributed by atoms with Crippen LogP contribution in [0.15, 0.2) is 11.6 Å². The number of hydrogen-bond donors (Lipinski definition) is 9. The quantitative estimate of drug-likeness (QED) is 0.113. The third kappa shape index (κ3) is 6.95. The lowest BCUT2D eigenvalue weighted by Gasteiger charge is -2.70. The minimum absolute atomic E-state index is 0.0626. The second-order valence-electron chi connectivity index (χ2n) is 22.4. The molecule has 2 spiro atoms. The van der Waals surface area contributed by atoms with Crippen molar-refractivity contribution in [3.63, 3.8) is 0 Å². The third-order valence-electron chi connectivity index (χ3n) is 18.7. The first kappa shape index (κ1) is 47.1. The van der Waals surface area contributed by atoms with Gasteiger partial charge in [-0.05, 0) is 93.3 Å². The van der Waals surface area contributed by atoms with E-state index in [-0.39, 0.29) is 52.6 Å². The van der Waals surface area contributed by atoms with Crippen molar-refractivity contribution in [2.75, 3.05) is 33.0 Å². The SMILES string of the molecule is CC(C)=C[C@@H]1CO[C@]23C[C@]4(CO2)[C@H](CC[C@@H]2[C@@]5(C)CC[C@H](O[C@@H]6OC[C@H](O)[C@H](O[C@@H]7O[C@H](CO)[C@@H](O)[C@H](O)[C@H]7O)[C@H]6O[C@@H]6O[C@@H](CO)[C@H](O)[C@H]6O)C(C)(C)[C@@H]5CC[C@]24C)[C@H]3[C@@]1(C)O. The first-order valence-corrected chi connectivity index (χ1v) is 23.4. The van der Waals surface area contributed by atoms with E-state index < -0.39 is 110 Å². The first-order chi connectivity index (χ1) is 29.6. The Labute approximate surface area is 369 Å². The van der Waals surface area contributed by atoms with Gasteiger partial charge in [0, 0.05) is 23.7 Å². The lowest BCUT2D eigenvalue weighted by atomic mass is 9.35. The van der Waals surface area contributed by atoms with Crippen LogP contribution in [0.1, 0.15) is 93.4 Å². The van der Waals surface area contributed by atoms with Crippen molar-refractivity contribution >= 4 is 0 Å². The van der Waals surface area contributed by atoms with E-state index in [9.17, 15) is 46.0 Å². The van der Waals surface area contributed by atoms with E-state index >= 15 is 0 Å². The van der Waals surface area contributed by atoms with Gasteiger partial charge >= 0.3 is 0 Å². The number of hydrogen-bond acceptors (Lipinski definition) is 17. The van der Waals surface area contributed by atoms with E-state index in [1.165, 1.54) is 0 Å². The monoisotopic (exact) mass is 898 g/mol. The van der Waals surface area contributed by atoms with Gasteiger partial charge in [-0.15, -0.1) is 0 Å². The maximum Gasteiger partial charge on any atom is 0.187 e. The Hall–Kier alpha value is -0.940. The largest absolute Gasteiger partial charge is 0.394 e. The number of aliphatic hydroxyl groups excluding tert-OH is 8. The number of fused-ring (bicyclic) bond motifs is 4. The zero-order chi connectivity index (χ0) is 45.4. The van der Waals surface area contributed by atoms with Crippen molar-refractivity contribution in [3.05, 3.63) is 11.6 Å². The summed E-state index contributed by atoms with van der Waals surface area (Å²) in [6.45, 7) is 15.1. The molecular formula is C46H74O17. The van der Waals surface area contributed by atoms with Crippen molar-refractivity contribution in [3.8, 4) is 0 Å². The molecule has 9 rings (SSSR count). The normalized spacial score (nSPS) is 57.2. The summed E-state index contributed by atoms with van der Waals surface area (Å²) in [7, 11) is 0. The summed E-state index contributed by atoms with van der Waals surface area (Å²) in [6.07, 6.45) is -11.3. The summed E-state index contributed by atoms with van der Waals surface area (Å²) < 4.78 is 50.5. The zero-order valence-corrected chi connectivity index (χ0v) is 37.8. The van der Waals surface area contributed by atoms with Gasteiger partial charge in [0.2, 0.25) is 0 Å². The molecule has 0 aromatic heterocycles. The van der Waals surface area contributed by atoms with Gasteiger partial charge in [0.05, 0.1) is 44.7 Å². The molecule has 17 heteroatoms. The van der Waals surface area contributed by atoms with Crippen LogP contribution in [-0.2, 0) is 37.9 Å². The van der Waals surface area contributed by atoms with E-state index in [0.717, 1.165) is 44.1 Å². The number of allylic oxidation sites excluding steroid dienone is 1. The van der Waals surface area contributed by atoms with Crippen LogP contribution < -0.4 is 0 Å². The molecule has 24 atom stereocenters. The highest BCUT2D eigenvalue weighted by atomic mass is 16.8. The van der Waals surface area contributed by atoms with Crippen molar-refractivity contribution in [1.82, 2.24) is 0 Å². The molecule has 0 aromatic rings. The van der Waals surface area contributed by atoms with Crippen molar-refractivity contribution < 1.29 is 83.9 Å². The predicted octanol–water partition coefficient (Wildman–Crippen LogP) is 0.463. The maximum absolute atomic E-state index is 12.4. The highest BCUT2D eigenvalue weighted by Crippen LogP contribution is 2.80. The molecule has 5 saturated heterocycles. The molecule has 0 unspecified atom stereocenters. The molecule has 17 nitrogen and oxygen atoms in total. The van der Waals surface area contributed by atoms with Crippen LogP contribution in [0.2, 0.25) is 0 Å². The summed E-state index contributed by atoms with van der Waals surface area (Å²) in [6, 6.07) is 0. The Balaban J connectivity index is 0.970. The van der Waals surface area contributed by atoms with E-state index in [2.05, 4.69) is 47.6 Å². The van der Waals surface area contributed by atoms with Gasteiger partial charge < -0.3 is 83.9 Å². The van der Waals surface area contributed by atoms with Crippen LogP contribution in [-0.4, -0.2) is 176 Å². The molecule has 9 N–H and O–H groups in total. The van der Waals surface area contributed by atoms with Crippen LogP contribution in [0, 0.1) is 51.2 Å². The van der Waals surface area contributed by atoms with E-state index in [1.54, 1.807) is 0 Å². The van der Waals surface area contributed by atoms with Gasteiger partial charge in [-0.3, -0.25) is 0 Å². The number of aliphatic hydroxyl groups is 9. The average Bonchev–Trinajstić information content (AvgIpc) is 3.85. The highest BCUT2D eigenvalue weighted by molar-refractivity contribution is 5.27. The Kier molecular flexibility index (Phi) is 12.2. The standard InChI is InChI=1S/C46H74O17/c1-21(2)14-22-17-57-46-19-45(20-58-46)23(37(46)44(22,7)55)8-9-28-42(5)12-11-29(41(3,4)27(42)10-13-43(28,45)6)61-40-36(63-38-33(53)31(51)26(16-48)60-38)35(24(49)18-56-40)62-39-34(54)32(52)30(50)25(15-47)59-39/h14,22-40,47-55H,8-13,15-20H2,1-7H3/t22-,23-,24+,25-,26+,27+,28-,29+,30-,31+,32+,33-,34-,35+,36-,37+,38+,39+,40+,42+,43-,44+,45+,46-/m1/s1. The van der Waals surface area contributed by atoms with E-state index in [4.69, 9.17) is 37.9 Å². The van der Waals surface area contributed by atoms with Crippen LogP contribution in [0.5, 0.6) is 0 Å². The molecule has 4 saturated carbocycles. The lowest BCUT2D eigenvalue weighted by molar-refractivity contribution is -0.375. The van der Waals surface area contributed by atoms with Crippen LogP contribution in [0.4, 0.5) is 0 Å². The molecule has 9 aliphatic rings. The Morgan fingerprint density at radius 3 is 1.97 bits per heavy atom. The van der Waals surface area contributed by atoms with E-state index in [1.807, 2.05) is 6.92 Å². The molecule has 63 heavy (non-hydrogen) atoms. The molecule has 0 aromatic carbocycles. The van der Waals surface area contributed by atoms with Crippen molar-refractivity contribution in [2.24, 2.45) is 51.2 Å². The maximum atomic E-state index is 12.4. The van der Waals surface area contributed by atoms with Crippen molar-refractivity contribution in [1.29, 1.82) is 0 Å². The second kappa shape index (κ2) is 16.4. The van der Waals surface area contributed by atoms with Gasteiger partial charge in [-0.2, -0.15) is 0 Å².